The second-order valence-electron chi connectivity index (χ2n) is 2.40. The van der Waals surface area contributed by atoms with Crippen LogP contribution in [0.15, 0.2) is 0 Å². The van der Waals surface area contributed by atoms with Crippen LogP contribution in [0.25, 0.3) is 0 Å². The SMILES string of the molecule is C1CCCC1.CCO.CCO. The molecule has 0 amide bonds. The van der Waals surface area contributed by atoms with E-state index in [9.17, 15) is 0 Å². The van der Waals surface area contributed by atoms with Gasteiger partial charge in [0.15, 0.2) is 0 Å². The third kappa shape index (κ3) is 25.7. The van der Waals surface area contributed by atoms with Crippen LogP contribution >= 0.6 is 0 Å². The third-order valence-electron chi connectivity index (χ3n) is 1.25. The zero-order valence-electron chi connectivity index (χ0n) is 7.84. The summed E-state index contributed by atoms with van der Waals surface area (Å²) in [6.07, 6.45) is 7.50. The van der Waals surface area contributed by atoms with Crippen LogP contribution in [0.3, 0.4) is 0 Å². The minimum Gasteiger partial charge on any atom is -0.397 e. The van der Waals surface area contributed by atoms with Gasteiger partial charge < -0.3 is 10.2 Å². The molecule has 1 saturated carbocycles. The fourth-order valence-electron chi connectivity index (χ4n) is 0.884. The molecule has 0 atom stereocenters. The van der Waals surface area contributed by atoms with E-state index in [1.165, 1.54) is 32.1 Å². The highest BCUT2D eigenvalue weighted by Gasteiger charge is 1.95. The maximum atomic E-state index is 7.57. The van der Waals surface area contributed by atoms with Crippen molar-refractivity contribution in [2.24, 2.45) is 0 Å². The van der Waals surface area contributed by atoms with Gasteiger partial charge in [-0.2, -0.15) is 0 Å². The first kappa shape index (κ1) is 13.5. The Kier molecular flexibility index (Phi) is 20.2. The van der Waals surface area contributed by atoms with Crippen LogP contribution in [0.1, 0.15) is 46.0 Å². The smallest absolute Gasteiger partial charge is 0.0402 e. The molecule has 0 radical (unpaired) electrons. The van der Waals surface area contributed by atoms with Crippen LogP contribution in [0.5, 0.6) is 0 Å². The van der Waals surface area contributed by atoms with Crippen LogP contribution in [0.4, 0.5) is 0 Å². The number of hydrogen-bond acceptors (Lipinski definition) is 2. The predicted molar refractivity (Wildman–Crippen MR) is 48.6 cm³/mol. The van der Waals surface area contributed by atoms with Crippen LogP contribution in [0.2, 0.25) is 0 Å². The van der Waals surface area contributed by atoms with Crippen LogP contribution in [-0.4, -0.2) is 23.4 Å². The molecule has 0 aromatic rings. The summed E-state index contributed by atoms with van der Waals surface area (Å²) in [5.74, 6) is 0. The van der Waals surface area contributed by atoms with Gasteiger partial charge in [0, 0.05) is 13.2 Å². The van der Waals surface area contributed by atoms with E-state index in [2.05, 4.69) is 0 Å². The lowest BCUT2D eigenvalue weighted by atomic mass is 10.4. The second kappa shape index (κ2) is 16.5. The van der Waals surface area contributed by atoms with Crippen LogP contribution < -0.4 is 0 Å². The molecule has 0 aliphatic heterocycles. The molecule has 2 heteroatoms. The largest absolute Gasteiger partial charge is 0.397 e. The molecule has 0 heterocycles. The Labute approximate surface area is 70.3 Å². The molecule has 2 N–H and O–H groups in total. The number of aliphatic hydroxyl groups is 2. The summed E-state index contributed by atoms with van der Waals surface area (Å²) < 4.78 is 0. The van der Waals surface area contributed by atoms with Crippen molar-refractivity contribution in [3.8, 4) is 0 Å². The maximum absolute atomic E-state index is 7.57. The standard InChI is InChI=1S/C5H10.2C2H6O/c1-2-4-5-3-1;2*1-2-3/h1-5H2;2*3H,2H2,1H3. The van der Waals surface area contributed by atoms with Gasteiger partial charge in [-0.15, -0.1) is 0 Å². The van der Waals surface area contributed by atoms with Crippen molar-refractivity contribution in [1.29, 1.82) is 0 Å². The average molecular weight is 162 g/mol. The predicted octanol–water partition coefficient (Wildman–Crippen LogP) is 1.95. The number of rotatable bonds is 0. The molecule has 1 rings (SSSR count). The van der Waals surface area contributed by atoms with E-state index in [-0.39, 0.29) is 13.2 Å². The summed E-state index contributed by atoms with van der Waals surface area (Å²) in [7, 11) is 0. The Morgan fingerprint density at radius 3 is 0.909 bits per heavy atom. The van der Waals surface area contributed by atoms with Crippen LogP contribution in [-0.2, 0) is 0 Å². The Bertz CT molecular complexity index is 33.2. The van der Waals surface area contributed by atoms with E-state index in [4.69, 9.17) is 10.2 Å². The van der Waals surface area contributed by atoms with Crippen molar-refractivity contribution in [1.82, 2.24) is 0 Å². The van der Waals surface area contributed by atoms with Gasteiger partial charge >= 0.3 is 0 Å². The Hall–Kier alpha value is -0.0800. The van der Waals surface area contributed by atoms with Gasteiger partial charge in [-0.05, 0) is 13.8 Å². The zero-order chi connectivity index (χ0) is 8.95. The molecule has 0 aromatic heterocycles. The Morgan fingerprint density at radius 2 is 0.818 bits per heavy atom. The topological polar surface area (TPSA) is 40.5 Å². The first-order chi connectivity index (χ1) is 5.33. The van der Waals surface area contributed by atoms with Crippen LogP contribution in [0, 0.1) is 0 Å². The second-order valence-corrected chi connectivity index (χ2v) is 2.40. The summed E-state index contributed by atoms with van der Waals surface area (Å²) in [6.45, 7) is 3.86. The highest BCUT2D eigenvalue weighted by atomic mass is 16.3. The Morgan fingerprint density at radius 1 is 0.727 bits per heavy atom. The summed E-state index contributed by atoms with van der Waals surface area (Å²) in [4.78, 5) is 0. The van der Waals surface area contributed by atoms with Gasteiger partial charge in [0.05, 0.1) is 0 Å². The van der Waals surface area contributed by atoms with Gasteiger partial charge in [0.2, 0.25) is 0 Å². The summed E-state index contributed by atoms with van der Waals surface area (Å²) in [5, 5.41) is 15.1. The average Bonchev–Trinajstić information content (AvgIpc) is 2.44. The molecule has 0 aromatic carbocycles. The van der Waals surface area contributed by atoms with E-state index >= 15 is 0 Å². The van der Waals surface area contributed by atoms with Crippen molar-refractivity contribution in [2.75, 3.05) is 13.2 Å². The zero-order valence-corrected chi connectivity index (χ0v) is 7.84. The lowest BCUT2D eigenvalue weighted by Crippen LogP contribution is -1.57. The van der Waals surface area contributed by atoms with E-state index < -0.39 is 0 Å². The summed E-state index contributed by atoms with van der Waals surface area (Å²) in [5.41, 5.74) is 0. The van der Waals surface area contributed by atoms with E-state index in [0.29, 0.717) is 0 Å². The van der Waals surface area contributed by atoms with Gasteiger partial charge in [0.1, 0.15) is 0 Å². The molecule has 0 unspecified atom stereocenters. The molecule has 1 aliphatic carbocycles. The third-order valence-corrected chi connectivity index (χ3v) is 1.25. The first-order valence-electron chi connectivity index (χ1n) is 4.55. The first-order valence-corrected chi connectivity index (χ1v) is 4.55. The minimum atomic E-state index is 0.250. The van der Waals surface area contributed by atoms with Gasteiger partial charge in [-0.25, -0.2) is 0 Å². The van der Waals surface area contributed by atoms with Crippen molar-refractivity contribution in [2.45, 2.75) is 46.0 Å². The molecular weight excluding hydrogens is 140 g/mol. The molecule has 0 spiro atoms. The molecule has 11 heavy (non-hydrogen) atoms. The van der Waals surface area contributed by atoms with Crippen molar-refractivity contribution < 1.29 is 10.2 Å². The quantitative estimate of drug-likeness (QED) is 0.571. The fourth-order valence-corrected chi connectivity index (χ4v) is 0.884. The monoisotopic (exact) mass is 162 g/mol. The highest BCUT2D eigenvalue weighted by Crippen LogP contribution is 2.15. The maximum Gasteiger partial charge on any atom is 0.0402 e. The molecule has 70 valence electrons. The molecule has 0 saturated heterocycles. The van der Waals surface area contributed by atoms with E-state index in [1.807, 2.05) is 0 Å². The fraction of sp³-hybridized carbons (Fsp3) is 1.00. The van der Waals surface area contributed by atoms with Gasteiger partial charge in [0.25, 0.3) is 0 Å². The van der Waals surface area contributed by atoms with Crippen molar-refractivity contribution in [3.05, 3.63) is 0 Å². The van der Waals surface area contributed by atoms with E-state index in [1.54, 1.807) is 13.8 Å². The molecule has 1 fully saturated rings. The summed E-state index contributed by atoms with van der Waals surface area (Å²) in [6, 6.07) is 0. The molecule has 0 bridgehead atoms. The van der Waals surface area contributed by atoms with Crippen molar-refractivity contribution >= 4 is 0 Å². The molecule has 2 nitrogen and oxygen atoms in total. The lowest BCUT2D eigenvalue weighted by molar-refractivity contribution is 0.318. The molecular formula is C9H22O2. The number of hydrogen-bond donors (Lipinski definition) is 2. The van der Waals surface area contributed by atoms with Crippen molar-refractivity contribution in [3.63, 3.8) is 0 Å². The van der Waals surface area contributed by atoms with Gasteiger partial charge in [-0.1, -0.05) is 32.1 Å². The number of aliphatic hydroxyl groups excluding tert-OH is 2. The van der Waals surface area contributed by atoms with E-state index in [0.717, 1.165) is 0 Å². The highest BCUT2D eigenvalue weighted by molar-refractivity contribution is 4.51. The summed E-state index contributed by atoms with van der Waals surface area (Å²) >= 11 is 0. The lowest BCUT2D eigenvalue weighted by Gasteiger charge is -1.67. The van der Waals surface area contributed by atoms with Gasteiger partial charge in [-0.3, -0.25) is 0 Å². The molecule has 1 aliphatic rings. The minimum absolute atomic E-state index is 0.250. The Balaban J connectivity index is 0. The normalized spacial score (nSPS) is 14.2.